The molecule has 0 bridgehead atoms. The lowest BCUT2D eigenvalue weighted by Gasteiger charge is -2.01. The van der Waals surface area contributed by atoms with E-state index >= 15 is 0 Å². The molecule has 0 aromatic heterocycles. The van der Waals surface area contributed by atoms with Gasteiger partial charge in [0.05, 0.1) is 11.3 Å². The molecule has 4 heteroatoms. The Morgan fingerprint density at radius 3 is 2.27 bits per heavy atom. The molecule has 58 valence electrons. The average molecular weight is 153 g/mol. The topological polar surface area (TPSA) is 77.2 Å². The van der Waals surface area contributed by atoms with Gasteiger partial charge in [-0.05, 0) is 0 Å². The summed E-state index contributed by atoms with van der Waals surface area (Å²) in [4.78, 5) is 32.0. The minimum absolute atomic E-state index is 0.113. The zero-order valence-electron chi connectivity index (χ0n) is 6.01. The molecule has 2 N–H and O–H groups in total. The lowest BCUT2D eigenvalue weighted by molar-refractivity contribution is 0.0987. The number of anilines is 1. The van der Waals surface area contributed by atoms with Gasteiger partial charge in [-0.3, -0.25) is 14.4 Å². The van der Waals surface area contributed by atoms with Crippen molar-refractivity contribution in [2.45, 2.75) is 13.3 Å². The summed E-state index contributed by atoms with van der Waals surface area (Å²) in [7, 11) is 0. The van der Waals surface area contributed by atoms with Crippen LogP contribution >= 0.6 is 0 Å². The molecule has 0 amide bonds. The van der Waals surface area contributed by atoms with Gasteiger partial charge >= 0.3 is 0 Å². The summed E-state index contributed by atoms with van der Waals surface area (Å²) >= 11 is 0. The van der Waals surface area contributed by atoms with Crippen molar-refractivity contribution in [3.8, 4) is 0 Å². The highest BCUT2D eigenvalue weighted by Gasteiger charge is 2.22. The van der Waals surface area contributed by atoms with Gasteiger partial charge in [0, 0.05) is 6.42 Å². The Morgan fingerprint density at radius 2 is 1.91 bits per heavy atom. The Labute approximate surface area is 62.3 Å². The average Bonchev–Trinajstić information content (AvgIpc) is 2.04. The number of carbonyl (C=O) groups is 1. The molecule has 0 aliphatic rings. The molecule has 1 rings (SSSR count). The first-order chi connectivity index (χ1) is 5.09. The van der Waals surface area contributed by atoms with Crippen LogP contribution in [0.15, 0.2) is 9.59 Å². The third-order valence-corrected chi connectivity index (χ3v) is 1.55. The normalized spacial score (nSPS) is 10.3. The number of nitrogen functional groups attached to an aromatic ring is 1. The maximum atomic E-state index is 10.8. The Kier molecular flexibility index (Phi) is 1.60. The molecular weight excluding hydrogens is 146 g/mol. The summed E-state index contributed by atoms with van der Waals surface area (Å²) in [6.07, 6.45) is 0.203. The largest absolute Gasteiger partial charge is 0.395 e. The highest BCUT2D eigenvalue weighted by atomic mass is 16.2. The molecule has 0 saturated carbocycles. The Morgan fingerprint density at radius 1 is 1.36 bits per heavy atom. The third kappa shape index (κ3) is 0.869. The van der Waals surface area contributed by atoms with Crippen LogP contribution in [-0.4, -0.2) is 5.78 Å². The van der Waals surface area contributed by atoms with Crippen molar-refractivity contribution in [3.63, 3.8) is 0 Å². The summed E-state index contributed by atoms with van der Waals surface area (Å²) in [5, 5.41) is 0. The van der Waals surface area contributed by atoms with Crippen molar-refractivity contribution < 1.29 is 4.79 Å². The summed E-state index contributed by atoms with van der Waals surface area (Å²) in [6.45, 7) is 1.61. The van der Waals surface area contributed by atoms with Crippen LogP contribution in [0.2, 0.25) is 0 Å². The second kappa shape index (κ2) is 2.30. The van der Waals surface area contributed by atoms with Crippen LogP contribution in [0, 0.1) is 0 Å². The van der Waals surface area contributed by atoms with Crippen LogP contribution in [-0.2, 0) is 0 Å². The van der Waals surface area contributed by atoms with Gasteiger partial charge in [0.2, 0.25) is 10.9 Å². The minimum atomic E-state index is -0.741. The fourth-order valence-electron chi connectivity index (χ4n) is 0.863. The summed E-state index contributed by atoms with van der Waals surface area (Å²) in [6, 6.07) is 0. The van der Waals surface area contributed by atoms with E-state index in [1.807, 2.05) is 0 Å². The van der Waals surface area contributed by atoms with Crippen LogP contribution in [0.1, 0.15) is 23.7 Å². The van der Waals surface area contributed by atoms with Crippen LogP contribution in [0.25, 0.3) is 0 Å². The second-order valence-electron chi connectivity index (χ2n) is 2.22. The number of hydrogen-bond acceptors (Lipinski definition) is 4. The second-order valence-corrected chi connectivity index (χ2v) is 2.22. The van der Waals surface area contributed by atoms with Gasteiger partial charge in [-0.25, -0.2) is 0 Å². The van der Waals surface area contributed by atoms with E-state index in [-0.39, 0.29) is 23.5 Å². The molecule has 0 heterocycles. The fourth-order valence-corrected chi connectivity index (χ4v) is 0.863. The Bertz CT molecular complexity index is 371. The van der Waals surface area contributed by atoms with Gasteiger partial charge in [-0.15, -0.1) is 0 Å². The van der Waals surface area contributed by atoms with Crippen molar-refractivity contribution in [2.24, 2.45) is 0 Å². The highest BCUT2D eigenvalue weighted by Crippen LogP contribution is 2.04. The minimum Gasteiger partial charge on any atom is -0.395 e. The first-order valence-corrected chi connectivity index (χ1v) is 3.21. The van der Waals surface area contributed by atoms with Gasteiger partial charge in [-0.1, -0.05) is 6.92 Å². The number of ketones is 1. The molecule has 0 saturated heterocycles. The maximum Gasteiger partial charge on any atom is 0.250 e. The first-order valence-electron chi connectivity index (χ1n) is 3.21. The Hall–Kier alpha value is -1.45. The zero-order chi connectivity index (χ0) is 8.59. The van der Waals surface area contributed by atoms with E-state index in [0.717, 1.165) is 0 Å². The highest BCUT2D eigenvalue weighted by molar-refractivity contribution is 6.02. The molecule has 0 aliphatic carbocycles. The van der Waals surface area contributed by atoms with Crippen molar-refractivity contribution in [3.05, 3.63) is 26.0 Å². The van der Waals surface area contributed by atoms with Crippen molar-refractivity contribution in [1.82, 2.24) is 0 Å². The van der Waals surface area contributed by atoms with Gasteiger partial charge in [-0.2, -0.15) is 0 Å². The number of carbonyl (C=O) groups excluding carboxylic acids is 1. The molecule has 1 aromatic rings. The molecular formula is C7H7NO3. The first kappa shape index (κ1) is 7.65. The van der Waals surface area contributed by atoms with E-state index in [1.165, 1.54) is 0 Å². The zero-order valence-corrected chi connectivity index (χ0v) is 6.01. The fraction of sp³-hybridized carbons (Fsp3) is 0.286. The standard InChI is InChI=1S/C7H7NO3/c1-2-3(9)4-5(8)7(11)6(4)10/h2,8H2,1H3. The third-order valence-electron chi connectivity index (χ3n) is 1.55. The number of hydrogen-bond donors (Lipinski definition) is 1. The van der Waals surface area contributed by atoms with Crippen LogP contribution in [0.3, 0.4) is 0 Å². The van der Waals surface area contributed by atoms with E-state index < -0.39 is 10.9 Å². The molecule has 0 atom stereocenters. The van der Waals surface area contributed by atoms with E-state index in [9.17, 15) is 14.4 Å². The molecule has 0 fully saturated rings. The maximum absolute atomic E-state index is 10.8. The summed E-state index contributed by atoms with van der Waals surface area (Å²) in [5.41, 5.74) is 3.35. The van der Waals surface area contributed by atoms with E-state index in [2.05, 4.69) is 0 Å². The number of rotatable bonds is 2. The SMILES string of the molecule is CCC(=O)c1c(N)c(=O)c1=O. The van der Waals surface area contributed by atoms with Gasteiger partial charge in [0.15, 0.2) is 5.78 Å². The Balaban J connectivity index is 3.20. The number of Topliss-reactive ketones (excluding diaryl/α,β-unsaturated/α-hetero) is 1. The molecule has 0 aliphatic heterocycles. The monoisotopic (exact) mass is 153 g/mol. The van der Waals surface area contributed by atoms with Crippen molar-refractivity contribution in [1.29, 1.82) is 0 Å². The lowest BCUT2D eigenvalue weighted by atomic mass is 10.0. The molecule has 4 nitrogen and oxygen atoms in total. The number of nitrogens with two attached hydrogens (primary N) is 1. The van der Waals surface area contributed by atoms with Crippen molar-refractivity contribution in [2.75, 3.05) is 5.73 Å². The molecule has 0 spiro atoms. The molecule has 11 heavy (non-hydrogen) atoms. The van der Waals surface area contributed by atoms with Gasteiger partial charge in [0.1, 0.15) is 0 Å². The van der Waals surface area contributed by atoms with E-state index in [1.54, 1.807) is 6.92 Å². The lowest BCUT2D eigenvalue weighted by Crippen LogP contribution is -2.40. The molecule has 0 unspecified atom stereocenters. The predicted molar refractivity (Wildman–Crippen MR) is 40.4 cm³/mol. The van der Waals surface area contributed by atoms with Crippen LogP contribution in [0.5, 0.6) is 0 Å². The van der Waals surface area contributed by atoms with E-state index in [0.29, 0.717) is 0 Å². The van der Waals surface area contributed by atoms with Gasteiger partial charge < -0.3 is 5.73 Å². The molecule has 1 aromatic carbocycles. The predicted octanol–water partition coefficient (Wildman–Crippen LogP) is -0.542. The van der Waals surface area contributed by atoms with Gasteiger partial charge in [0.25, 0.3) is 0 Å². The summed E-state index contributed by atoms with van der Waals surface area (Å²) in [5.74, 6) is -0.355. The molecule has 0 radical (unpaired) electrons. The smallest absolute Gasteiger partial charge is 0.250 e. The quantitative estimate of drug-likeness (QED) is 0.457. The van der Waals surface area contributed by atoms with Crippen LogP contribution < -0.4 is 16.6 Å². The van der Waals surface area contributed by atoms with Crippen LogP contribution in [0.4, 0.5) is 5.69 Å². The van der Waals surface area contributed by atoms with Crippen molar-refractivity contribution >= 4 is 11.5 Å². The van der Waals surface area contributed by atoms with E-state index in [4.69, 9.17) is 5.73 Å². The summed E-state index contributed by atoms with van der Waals surface area (Å²) < 4.78 is 0.